The lowest BCUT2D eigenvalue weighted by Crippen LogP contribution is -2.71. The van der Waals surface area contributed by atoms with Gasteiger partial charge in [0.2, 0.25) is 11.4 Å². The Hall–Kier alpha value is -5.77. The minimum Gasteiger partial charge on any atom is -0.493 e. The second-order valence-electron chi connectivity index (χ2n) is 15.3. The van der Waals surface area contributed by atoms with Crippen molar-refractivity contribution in [3.63, 3.8) is 0 Å². The van der Waals surface area contributed by atoms with Crippen LogP contribution in [0.15, 0.2) is 42.0 Å². The van der Waals surface area contributed by atoms with Crippen molar-refractivity contribution in [3.05, 3.63) is 67.8 Å². The summed E-state index contributed by atoms with van der Waals surface area (Å²) in [5, 5.41) is 42.3. The van der Waals surface area contributed by atoms with Crippen molar-refractivity contribution in [2.24, 2.45) is 22.7 Å². The van der Waals surface area contributed by atoms with Crippen LogP contribution in [0.5, 0.6) is 11.5 Å². The normalized spacial score (nSPS) is 31.3. The Kier molecular flexibility index (Phi) is 13.5. The summed E-state index contributed by atoms with van der Waals surface area (Å²) in [6.07, 6.45) is -6.04. The Bertz CT molecular complexity index is 1960. The number of ether oxygens (including phenoxy) is 5. The molecule has 0 bridgehead atoms. The summed E-state index contributed by atoms with van der Waals surface area (Å²) in [6, 6.07) is 3.52. The first-order valence-corrected chi connectivity index (χ1v) is 18.9. The van der Waals surface area contributed by atoms with Crippen LogP contribution in [-0.2, 0) is 38.3 Å². The molecule has 9 atom stereocenters. The summed E-state index contributed by atoms with van der Waals surface area (Å²) in [6.45, 7) is 0.665. The molecule has 1 aromatic carbocycles. The Labute approximate surface area is 339 Å². The number of aliphatic hydroxyl groups is 2. The fourth-order valence-corrected chi connectivity index (χ4v) is 9.36. The van der Waals surface area contributed by atoms with E-state index in [0.29, 0.717) is 0 Å². The molecule has 1 aromatic rings. The number of halogens is 2. The molecule has 4 aliphatic rings. The molecular formula is C38H44F2N2O18. The lowest BCUT2D eigenvalue weighted by molar-refractivity contribution is -0.757. The van der Waals surface area contributed by atoms with E-state index >= 15 is 8.78 Å². The predicted octanol–water partition coefficient (Wildman–Crippen LogP) is 3.49. The molecule has 2 N–H and O–H groups in total. The van der Waals surface area contributed by atoms with Gasteiger partial charge in [0.15, 0.2) is 29.6 Å². The van der Waals surface area contributed by atoms with Crippen LogP contribution in [0, 0.1) is 42.9 Å². The summed E-state index contributed by atoms with van der Waals surface area (Å²) < 4.78 is 60.2. The highest BCUT2D eigenvalue weighted by molar-refractivity contribution is 6.01. The van der Waals surface area contributed by atoms with E-state index in [1.807, 2.05) is 0 Å². The van der Waals surface area contributed by atoms with E-state index in [9.17, 15) is 54.4 Å². The number of aliphatic hydroxyl groups excluding tert-OH is 2. The van der Waals surface area contributed by atoms with E-state index in [4.69, 9.17) is 23.7 Å². The van der Waals surface area contributed by atoms with Gasteiger partial charge in [-0.25, -0.2) is 18.4 Å². The lowest BCUT2D eigenvalue weighted by Gasteiger charge is -2.63. The van der Waals surface area contributed by atoms with Crippen molar-refractivity contribution in [3.8, 4) is 11.5 Å². The van der Waals surface area contributed by atoms with E-state index < -0.39 is 131 Å². The number of allylic oxidation sites excluding steroid dienone is 4. The topological polar surface area (TPSA) is 277 Å². The molecular weight excluding hydrogens is 810 g/mol. The fourth-order valence-electron chi connectivity index (χ4n) is 9.36. The van der Waals surface area contributed by atoms with Gasteiger partial charge >= 0.3 is 18.1 Å². The van der Waals surface area contributed by atoms with E-state index in [1.54, 1.807) is 0 Å². The Morgan fingerprint density at radius 3 is 2.25 bits per heavy atom. The van der Waals surface area contributed by atoms with Crippen LogP contribution in [-0.4, -0.2) is 113 Å². The number of rotatable bonds is 18. The monoisotopic (exact) mass is 854 g/mol. The van der Waals surface area contributed by atoms with Crippen molar-refractivity contribution in [1.82, 2.24) is 0 Å². The maximum absolute atomic E-state index is 17.8. The minimum atomic E-state index is -2.65. The summed E-state index contributed by atoms with van der Waals surface area (Å²) in [5.74, 6) is -6.76. The molecule has 22 heteroatoms. The van der Waals surface area contributed by atoms with Gasteiger partial charge in [-0.3, -0.25) is 14.4 Å². The molecule has 328 valence electrons. The van der Waals surface area contributed by atoms with Crippen LogP contribution < -0.4 is 9.47 Å². The van der Waals surface area contributed by atoms with Crippen LogP contribution in [0.1, 0.15) is 69.2 Å². The molecule has 60 heavy (non-hydrogen) atoms. The molecule has 4 aliphatic carbocycles. The molecule has 0 spiro atoms. The number of unbranched alkanes of at least 4 members (excludes halogenated alkanes) is 1. The highest BCUT2D eigenvalue weighted by Crippen LogP contribution is 2.70. The predicted molar refractivity (Wildman–Crippen MR) is 193 cm³/mol. The van der Waals surface area contributed by atoms with E-state index in [1.165, 1.54) is 39.2 Å². The van der Waals surface area contributed by atoms with Crippen molar-refractivity contribution < 1.29 is 86.5 Å². The number of nitrogens with zero attached hydrogens (tertiary/aromatic N) is 2. The third kappa shape index (κ3) is 8.34. The largest absolute Gasteiger partial charge is 0.514 e. The van der Waals surface area contributed by atoms with E-state index in [-0.39, 0.29) is 55.1 Å². The first kappa shape index (κ1) is 45.3. The van der Waals surface area contributed by atoms with Crippen molar-refractivity contribution in [2.75, 3.05) is 33.5 Å². The van der Waals surface area contributed by atoms with Crippen molar-refractivity contribution >= 4 is 29.7 Å². The number of hydrogen-bond donors (Lipinski definition) is 2. The second kappa shape index (κ2) is 17.8. The standard InChI is InChI=1S/C38H44F2N2O18/c1-35-11-10-22(43)16-25(35)26(39)17-24-23-18-29(44)38(36(23,2)19-30(45)37(24,35)40,60-32(47)7-6-14-58-42(52)53)31(46)20-56-34(49)59-27-9-8-21(15-28(27)54-3)33(48)55-12-4-5-13-57-41(50)51/h8-11,15-16,23-24,26,29-30,44-45H,4-7,12-14,17-20H2,1-3H3/t23?,24?,26-,29+,30-,35-,36-,37-,38-/m0/s1. The highest BCUT2D eigenvalue weighted by atomic mass is 19.1. The summed E-state index contributed by atoms with van der Waals surface area (Å²) in [5.41, 5.74) is -9.15. The molecule has 20 nitrogen and oxygen atoms in total. The van der Waals surface area contributed by atoms with Gasteiger partial charge in [0.25, 0.3) is 10.2 Å². The number of benzene rings is 1. The molecule has 5 rings (SSSR count). The first-order valence-electron chi connectivity index (χ1n) is 18.9. The van der Waals surface area contributed by atoms with Gasteiger partial charge in [0.05, 0.1) is 38.6 Å². The zero-order chi connectivity index (χ0) is 44.2. The molecule has 3 saturated carbocycles. The summed E-state index contributed by atoms with van der Waals surface area (Å²) in [7, 11) is 1.19. The number of ketones is 2. The summed E-state index contributed by atoms with van der Waals surface area (Å²) in [4.78, 5) is 94.7. The van der Waals surface area contributed by atoms with Gasteiger partial charge in [0, 0.05) is 23.2 Å². The number of alkyl halides is 2. The van der Waals surface area contributed by atoms with Crippen LogP contribution in [0.25, 0.3) is 0 Å². The maximum Gasteiger partial charge on any atom is 0.514 e. The summed E-state index contributed by atoms with van der Waals surface area (Å²) >= 11 is 0. The number of carbonyl (C=O) groups is 5. The van der Waals surface area contributed by atoms with Gasteiger partial charge in [-0.15, -0.1) is 20.2 Å². The molecule has 3 fully saturated rings. The van der Waals surface area contributed by atoms with Crippen molar-refractivity contribution in [1.29, 1.82) is 0 Å². The third-order valence-corrected chi connectivity index (χ3v) is 12.1. The van der Waals surface area contributed by atoms with Crippen LogP contribution in [0.4, 0.5) is 13.6 Å². The molecule has 2 unspecified atom stereocenters. The number of fused-ring (bicyclic) bond motifs is 5. The number of methoxy groups -OCH3 is 1. The fraction of sp³-hybridized carbons (Fsp3) is 0.605. The SMILES string of the molecule is COc1cc(C(=O)OCCCCO[N+](=O)[O-])ccc1OC(=O)OCC(=O)[C@@]1(OC(=O)CCCO[N+](=O)[O-])[C@H](O)CC2C3C[C@H](F)C4=CC(=O)C=C[C@]4(C)[C@@]3(F)[C@@H](O)C[C@@]21C. The zero-order valence-corrected chi connectivity index (χ0v) is 32.7. The van der Waals surface area contributed by atoms with Gasteiger partial charge in [-0.1, -0.05) is 13.0 Å². The highest BCUT2D eigenvalue weighted by Gasteiger charge is 2.79. The third-order valence-electron chi connectivity index (χ3n) is 12.1. The molecule has 0 amide bonds. The van der Waals surface area contributed by atoms with Gasteiger partial charge in [-0.05, 0) is 87.3 Å². The Balaban J connectivity index is 1.36. The average molecular weight is 855 g/mol. The number of esters is 2. The van der Waals surface area contributed by atoms with E-state index in [2.05, 4.69) is 9.68 Å². The van der Waals surface area contributed by atoms with E-state index in [0.717, 1.165) is 18.2 Å². The number of hydrogen-bond acceptors (Lipinski definition) is 18. The first-order chi connectivity index (χ1) is 28.2. The van der Waals surface area contributed by atoms with Gasteiger partial charge in [-0.2, -0.15) is 0 Å². The number of Topliss-reactive ketones (excluding diaryl/α,β-unsaturated/α-hetero) is 1. The molecule has 0 saturated heterocycles. The lowest BCUT2D eigenvalue weighted by atomic mass is 9.44. The zero-order valence-electron chi connectivity index (χ0n) is 32.7. The van der Waals surface area contributed by atoms with Crippen molar-refractivity contribution in [2.45, 2.75) is 88.4 Å². The molecule has 0 heterocycles. The number of carbonyl (C=O) groups excluding carboxylic acids is 5. The average Bonchev–Trinajstić information content (AvgIpc) is 3.40. The van der Waals surface area contributed by atoms with Crippen LogP contribution >= 0.6 is 0 Å². The Morgan fingerprint density at radius 1 is 0.917 bits per heavy atom. The quantitative estimate of drug-likeness (QED) is 0.0534. The second-order valence-corrected chi connectivity index (χ2v) is 15.3. The van der Waals surface area contributed by atoms with Crippen LogP contribution in [0.2, 0.25) is 0 Å². The molecule has 0 radical (unpaired) electrons. The van der Waals surface area contributed by atoms with Gasteiger partial charge < -0.3 is 43.6 Å². The molecule has 0 aromatic heterocycles. The van der Waals surface area contributed by atoms with Crippen LogP contribution in [0.3, 0.4) is 0 Å². The smallest absolute Gasteiger partial charge is 0.493 e. The van der Waals surface area contributed by atoms with Gasteiger partial charge in [0.1, 0.15) is 12.3 Å². The molecule has 0 aliphatic heterocycles. The Morgan fingerprint density at radius 2 is 1.58 bits per heavy atom. The maximum atomic E-state index is 17.8. The minimum absolute atomic E-state index is 0.0331.